The molecular formula is C24H29FN4O5. The lowest BCUT2D eigenvalue weighted by atomic mass is 10.2. The highest BCUT2D eigenvalue weighted by atomic mass is 19.1. The minimum atomic E-state index is -0.356. The number of anilines is 2. The third-order valence-electron chi connectivity index (χ3n) is 6.18. The van der Waals surface area contributed by atoms with Gasteiger partial charge in [0.05, 0.1) is 33.1 Å². The molecule has 2 saturated heterocycles. The summed E-state index contributed by atoms with van der Waals surface area (Å²) in [5.74, 6) is 1.25. The van der Waals surface area contributed by atoms with Crippen LogP contribution in [0.3, 0.4) is 0 Å². The molecule has 1 unspecified atom stereocenters. The molecule has 0 radical (unpaired) electrons. The molecule has 2 fully saturated rings. The molecular weight excluding hydrogens is 443 g/mol. The average Bonchev–Trinajstić information content (AvgIpc) is 3.23. The highest BCUT2D eigenvalue weighted by molar-refractivity contribution is 5.96. The molecule has 0 aliphatic carbocycles. The number of nitrogens with zero attached hydrogens (tertiary/aromatic N) is 3. The minimum absolute atomic E-state index is 0.0951. The van der Waals surface area contributed by atoms with E-state index in [9.17, 15) is 14.0 Å². The van der Waals surface area contributed by atoms with Gasteiger partial charge < -0.3 is 34.2 Å². The van der Waals surface area contributed by atoms with Crippen LogP contribution in [0.4, 0.5) is 20.6 Å². The number of benzene rings is 2. The lowest BCUT2D eigenvalue weighted by Gasteiger charge is -2.37. The van der Waals surface area contributed by atoms with E-state index in [0.717, 1.165) is 5.69 Å². The molecule has 34 heavy (non-hydrogen) atoms. The molecule has 0 saturated carbocycles. The van der Waals surface area contributed by atoms with Gasteiger partial charge in [0.25, 0.3) is 0 Å². The molecule has 0 aromatic heterocycles. The molecule has 0 bridgehead atoms. The van der Waals surface area contributed by atoms with E-state index in [1.54, 1.807) is 43.3 Å². The second kappa shape index (κ2) is 10.1. The van der Waals surface area contributed by atoms with Gasteiger partial charge in [0.15, 0.2) is 11.5 Å². The number of hydrogen-bond acceptors (Lipinski definition) is 6. The topological polar surface area (TPSA) is 83.6 Å². The maximum Gasteiger partial charge on any atom is 0.317 e. The number of piperazine rings is 1. The number of carbonyl (C=O) groups excluding carboxylic acids is 2. The lowest BCUT2D eigenvalue weighted by molar-refractivity contribution is -0.117. The first-order valence-electron chi connectivity index (χ1n) is 11.1. The first-order valence-corrected chi connectivity index (χ1v) is 11.1. The zero-order valence-corrected chi connectivity index (χ0v) is 19.5. The second-order valence-electron chi connectivity index (χ2n) is 8.16. The van der Waals surface area contributed by atoms with Crippen molar-refractivity contribution in [1.82, 2.24) is 10.2 Å². The van der Waals surface area contributed by atoms with Crippen LogP contribution in [-0.2, 0) is 4.79 Å². The van der Waals surface area contributed by atoms with Gasteiger partial charge in [-0.05, 0) is 36.4 Å². The van der Waals surface area contributed by atoms with Gasteiger partial charge in [0.1, 0.15) is 5.82 Å². The summed E-state index contributed by atoms with van der Waals surface area (Å²) in [6, 6.07) is 9.04. The number of halogens is 1. The molecule has 9 nitrogen and oxygen atoms in total. The summed E-state index contributed by atoms with van der Waals surface area (Å²) in [5.41, 5.74) is 1.50. The predicted octanol–water partition coefficient (Wildman–Crippen LogP) is 2.49. The Morgan fingerprint density at radius 2 is 1.62 bits per heavy atom. The minimum Gasteiger partial charge on any atom is -0.493 e. The number of ether oxygens (including phenoxy) is 3. The van der Waals surface area contributed by atoms with E-state index in [0.29, 0.717) is 55.7 Å². The Kier molecular flexibility index (Phi) is 6.95. The van der Waals surface area contributed by atoms with Gasteiger partial charge in [-0.2, -0.15) is 0 Å². The van der Waals surface area contributed by atoms with E-state index < -0.39 is 0 Å². The molecule has 0 spiro atoms. The largest absolute Gasteiger partial charge is 0.493 e. The molecule has 1 N–H and O–H groups in total. The van der Waals surface area contributed by atoms with E-state index in [4.69, 9.17) is 14.2 Å². The molecule has 182 valence electrons. The van der Waals surface area contributed by atoms with Crippen LogP contribution in [0.15, 0.2) is 36.4 Å². The SMILES string of the molecule is COc1ccc(N2CCN(C(=O)NC3CC(=O)N(c4ccc(F)cc4)C3)CC2)c(OC)c1OC. The van der Waals surface area contributed by atoms with Crippen LogP contribution in [0.5, 0.6) is 17.2 Å². The van der Waals surface area contributed by atoms with E-state index in [1.165, 1.54) is 12.1 Å². The maximum absolute atomic E-state index is 13.2. The molecule has 2 aliphatic heterocycles. The van der Waals surface area contributed by atoms with Crippen molar-refractivity contribution in [3.63, 3.8) is 0 Å². The van der Waals surface area contributed by atoms with Crippen LogP contribution in [0.1, 0.15) is 6.42 Å². The third-order valence-corrected chi connectivity index (χ3v) is 6.18. The van der Waals surface area contributed by atoms with Gasteiger partial charge in [-0.3, -0.25) is 4.79 Å². The van der Waals surface area contributed by atoms with Crippen molar-refractivity contribution in [2.45, 2.75) is 12.5 Å². The normalized spacial score (nSPS) is 18.2. The molecule has 2 aliphatic rings. The van der Waals surface area contributed by atoms with Crippen molar-refractivity contribution in [2.75, 3.05) is 63.9 Å². The van der Waals surface area contributed by atoms with Crippen LogP contribution in [0.25, 0.3) is 0 Å². The quantitative estimate of drug-likeness (QED) is 0.696. The second-order valence-corrected chi connectivity index (χ2v) is 8.16. The number of rotatable bonds is 6. The van der Waals surface area contributed by atoms with E-state index >= 15 is 0 Å². The van der Waals surface area contributed by atoms with Crippen molar-refractivity contribution in [3.05, 3.63) is 42.2 Å². The Labute approximate surface area is 198 Å². The first-order chi connectivity index (χ1) is 16.4. The highest BCUT2D eigenvalue weighted by Gasteiger charge is 2.33. The summed E-state index contributed by atoms with van der Waals surface area (Å²) < 4.78 is 29.6. The zero-order chi connectivity index (χ0) is 24.2. The Bertz CT molecular complexity index is 1040. The Balaban J connectivity index is 1.35. The van der Waals surface area contributed by atoms with Gasteiger partial charge in [0, 0.05) is 44.8 Å². The summed E-state index contributed by atoms with van der Waals surface area (Å²) in [5, 5.41) is 2.97. The average molecular weight is 473 g/mol. The number of carbonyl (C=O) groups is 2. The number of hydrogen-bond donors (Lipinski definition) is 1. The Morgan fingerprint density at radius 1 is 0.941 bits per heavy atom. The molecule has 4 rings (SSSR count). The van der Waals surface area contributed by atoms with Gasteiger partial charge in [-0.1, -0.05) is 0 Å². The Morgan fingerprint density at radius 3 is 2.24 bits per heavy atom. The zero-order valence-electron chi connectivity index (χ0n) is 19.5. The van der Waals surface area contributed by atoms with E-state index in [1.807, 2.05) is 12.1 Å². The number of amides is 3. The van der Waals surface area contributed by atoms with Crippen molar-refractivity contribution in [3.8, 4) is 17.2 Å². The standard InChI is InChI=1S/C24H29FN4O5/c1-32-20-9-8-19(22(33-2)23(20)34-3)27-10-12-28(13-11-27)24(31)26-17-14-21(30)29(15-17)18-6-4-16(25)5-7-18/h4-9,17H,10-15H2,1-3H3,(H,26,31). The molecule has 2 aromatic carbocycles. The fourth-order valence-corrected chi connectivity index (χ4v) is 4.43. The summed E-state index contributed by atoms with van der Waals surface area (Å²) in [6.07, 6.45) is 0.214. The smallest absolute Gasteiger partial charge is 0.317 e. The van der Waals surface area contributed by atoms with Crippen LogP contribution in [0, 0.1) is 5.82 Å². The van der Waals surface area contributed by atoms with Crippen molar-refractivity contribution in [1.29, 1.82) is 0 Å². The summed E-state index contributed by atoms with van der Waals surface area (Å²) in [4.78, 5) is 30.7. The van der Waals surface area contributed by atoms with E-state index in [2.05, 4.69) is 10.2 Å². The summed E-state index contributed by atoms with van der Waals surface area (Å²) in [6.45, 7) is 2.63. The van der Waals surface area contributed by atoms with Gasteiger partial charge in [-0.25, -0.2) is 9.18 Å². The fourth-order valence-electron chi connectivity index (χ4n) is 4.43. The Hall–Kier alpha value is -3.69. The monoisotopic (exact) mass is 472 g/mol. The van der Waals surface area contributed by atoms with Gasteiger partial charge in [0.2, 0.25) is 11.7 Å². The summed E-state index contributed by atoms with van der Waals surface area (Å²) in [7, 11) is 4.73. The third kappa shape index (κ3) is 4.66. The van der Waals surface area contributed by atoms with Crippen LogP contribution < -0.4 is 29.3 Å². The molecule has 3 amide bonds. The fraction of sp³-hybridized carbons (Fsp3) is 0.417. The summed E-state index contributed by atoms with van der Waals surface area (Å²) >= 11 is 0. The molecule has 10 heteroatoms. The van der Waals surface area contributed by atoms with E-state index in [-0.39, 0.29) is 30.2 Å². The predicted molar refractivity (Wildman–Crippen MR) is 126 cm³/mol. The van der Waals surface area contributed by atoms with Crippen molar-refractivity contribution in [2.24, 2.45) is 0 Å². The van der Waals surface area contributed by atoms with Crippen LogP contribution >= 0.6 is 0 Å². The number of nitrogens with one attached hydrogen (secondary N) is 1. The van der Waals surface area contributed by atoms with Crippen LogP contribution in [-0.4, -0.2) is 76.9 Å². The number of urea groups is 1. The molecule has 2 aromatic rings. The number of methoxy groups -OCH3 is 3. The first kappa shape index (κ1) is 23.5. The van der Waals surface area contributed by atoms with Gasteiger partial charge >= 0.3 is 6.03 Å². The highest BCUT2D eigenvalue weighted by Crippen LogP contribution is 2.44. The maximum atomic E-state index is 13.2. The van der Waals surface area contributed by atoms with Crippen molar-refractivity contribution < 1.29 is 28.2 Å². The van der Waals surface area contributed by atoms with Gasteiger partial charge in [-0.15, -0.1) is 0 Å². The van der Waals surface area contributed by atoms with Crippen LogP contribution in [0.2, 0.25) is 0 Å². The lowest BCUT2D eigenvalue weighted by Crippen LogP contribution is -2.54. The molecule has 1 atom stereocenters. The molecule has 2 heterocycles. The van der Waals surface area contributed by atoms with Crippen molar-refractivity contribution >= 4 is 23.3 Å².